The van der Waals surface area contributed by atoms with Gasteiger partial charge in [0.2, 0.25) is 0 Å². The normalized spacial score (nSPS) is 10.1. The van der Waals surface area contributed by atoms with E-state index in [-0.39, 0.29) is 154 Å². The first-order valence-corrected chi connectivity index (χ1v) is 4.66. The van der Waals surface area contributed by atoms with E-state index in [4.69, 9.17) is 15.3 Å². The Bertz CT molecular complexity index is 355. The van der Waals surface area contributed by atoms with Crippen molar-refractivity contribution >= 4 is 23.9 Å². The summed E-state index contributed by atoms with van der Waals surface area (Å²) >= 11 is 0. The van der Waals surface area contributed by atoms with Crippen LogP contribution in [0.3, 0.4) is 0 Å². The Hall–Kier alpha value is 2.71. The van der Waals surface area contributed by atoms with Crippen LogP contribution >= 0.6 is 0 Å². The minimum absolute atomic E-state index is 0. The molecule has 0 radical (unpaired) electrons. The van der Waals surface area contributed by atoms with Crippen molar-refractivity contribution in [2.45, 2.75) is 31.5 Å². The van der Waals surface area contributed by atoms with E-state index in [1.165, 1.54) is 6.92 Å². The zero-order valence-electron chi connectivity index (χ0n) is 12.7. The molecule has 3 N–H and O–H groups in total. The smallest absolute Gasteiger partial charge is 0.550 e. The van der Waals surface area contributed by atoms with E-state index in [0.717, 1.165) is 0 Å². The fourth-order valence-electron chi connectivity index (χ4n) is 0.684. The molecule has 0 bridgehead atoms. The maximum atomic E-state index is 10.1. The van der Waals surface area contributed by atoms with E-state index >= 15 is 0 Å². The average Bonchev–Trinajstić information content (AvgIpc) is 2.14. The quantitative estimate of drug-likeness (QED) is 0.362. The van der Waals surface area contributed by atoms with Gasteiger partial charge in [-0.15, -0.1) is 0 Å². The molecule has 0 aliphatic rings. The van der Waals surface area contributed by atoms with E-state index in [1.807, 2.05) is 0 Å². The second-order valence-electron chi connectivity index (χ2n) is 3.43. The summed E-state index contributed by atoms with van der Waals surface area (Å²) in [4.78, 5) is 39.4. The van der Waals surface area contributed by atoms with Gasteiger partial charge in [-0.3, -0.25) is 0 Å². The van der Waals surface area contributed by atoms with Gasteiger partial charge in [0.15, 0.2) is 0 Å². The van der Waals surface area contributed by atoms with Gasteiger partial charge in [0, 0.05) is 24.8 Å². The zero-order valence-corrected chi connectivity index (χ0v) is 22.1. The Balaban J connectivity index is -0.0000000933. The summed E-state index contributed by atoms with van der Waals surface area (Å²) in [5.41, 5.74) is -2.97. The first kappa shape index (κ1) is 35.8. The fourth-order valence-corrected chi connectivity index (χ4v) is 0.684. The monoisotopic (exact) mass is 396 g/mol. The number of hydrogen-bond acceptors (Lipinski definition) is 9. The molecule has 0 saturated carbocycles. The molecule has 0 aliphatic carbocycles. The van der Waals surface area contributed by atoms with Crippen LogP contribution in [-0.2, 0) is 19.2 Å². The molecule has 22 heavy (non-hydrogen) atoms. The maximum absolute atomic E-state index is 10.1. The van der Waals surface area contributed by atoms with E-state index in [9.17, 15) is 34.5 Å². The Labute approximate surface area is 253 Å². The molecule has 13 heteroatoms. The van der Waals surface area contributed by atoms with Crippen LogP contribution in [0, 0.1) is 0 Å². The second kappa shape index (κ2) is 18.5. The number of hydrogen-bond donors (Lipinski definition) is 3. The van der Waals surface area contributed by atoms with Gasteiger partial charge >= 0.3 is 160 Å². The van der Waals surface area contributed by atoms with Crippen LogP contribution in [0.25, 0.3) is 0 Å². The molecule has 0 saturated heterocycles. The topological polar surface area (TPSA) is 198 Å². The Morgan fingerprint density at radius 1 is 0.955 bits per heavy atom. The summed E-state index contributed by atoms with van der Waals surface area (Å²) in [6, 6.07) is 0. The van der Waals surface area contributed by atoms with Gasteiger partial charge in [-0.25, -0.2) is 4.79 Å². The van der Waals surface area contributed by atoms with Gasteiger partial charge < -0.3 is 45.0 Å². The average molecular weight is 396 g/mol. The first-order valence-electron chi connectivity index (χ1n) is 4.66. The Morgan fingerprint density at radius 3 is 1.27 bits per heavy atom. The molecule has 0 spiro atoms. The fraction of sp³-hybridized carbons (Fsp3) is 0.556. The maximum Gasteiger partial charge on any atom is 1.00 e. The molecular formula is C9H11K3O10. The van der Waals surface area contributed by atoms with Crippen LogP contribution in [0.1, 0.15) is 19.8 Å². The van der Waals surface area contributed by atoms with Gasteiger partial charge in [0.25, 0.3) is 0 Å². The molecule has 110 valence electrons. The number of aliphatic hydroxyl groups is 2. The predicted molar refractivity (Wildman–Crippen MR) is 48.5 cm³/mol. The molecule has 1 atom stereocenters. The molecule has 0 aromatic carbocycles. The predicted octanol–water partition coefficient (Wildman–Crippen LogP) is -14.8. The van der Waals surface area contributed by atoms with Crippen LogP contribution in [0.2, 0.25) is 0 Å². The van der Waals surface area contributed by atoms with Crippen molar-refractivity contribution in [2.24, 2.45) is 0 Å². The van der Waals surface area contributed by atoms with E-state index in [1.54, 1.807) is 0 Å². The van der Waals surface area contributed by atoms with Crippen molar-refractivity contribution in [1.29, 1.82) is 0 Å². The van der Waals surface area contributed by atoms with Gasteiger partial charge in [0.1, 0.15) is 11.7 Å². The summed E-state index contributed by atoms with van der Waals surface area (Å²) in [5, 5.41) is 54.7. The zero-order chi connectivity index (χ0) is 15.8. The van der Waals surface area contributed by atoms with E-state index in [0.29, 0.717) is 0 Å². The van der Waals surface area contributed by atoms with Gasteiger partial charge in [-0.05, 0) is 6.92 Å². The third kappa shape index (κ3) is 20.8. The van der Waals surface area contributed by atoms with Crippen LogP contribution in [0.4, 0.5) is 0 Å². The van der Waals surface area contributed by atoms with Crippen molar-refractivity contribution in [3.8, 4) is 0 Å². The van der Waals surface area contributed by atoms with Crippen LogP contribution in [0.5, 0.6) is 0 Å². The number of carboxylic acid groups (broad SMARTS) is 4. The molecule has 0 aromatic heterocycles. The molecule has 0 heterocycles. The van der Waals surface area contributed by atoms with Crippen LogP contribution < -0.4 is 169 Å². The minimum atomic E-state index is -2.97. The third-order valence-electron chi connectivity index (χ3n) is 1.61. The van der Waals surface area contributed by atoms with Gasteiger partial charge in [-0.2, -0.15) is 0 Å². The van der Waals surface area contributed by atoms with Crippen LogP contribution in [0.15, 0.2) is 0 Å². The van der Waals surface area contributed by atoms with Crippen molar-refractivity contribution in [1.82, 2.24) is 0 Å². The molecule has 0 fully saturated rings. The summed E-state index contributed by atoms with van der Waals surface area (Å²) in [6.07, 6.45) is -3.95. The summed E-state index contributed by atoms with van der Waals surface area (Å²) in [7, 11) is 0. The van der Waals surface area contributed by atoms with Crippen molar-refractivity contribution in [2.75, 3.05) is 0 Å². The SMILES string of the molecule is CC(O)C(=O)O.O=C([O-])CC(O)(CC(=O)[O-])C(=O)[O-].[K+].[K+].[K+]. The van der Waals surface area contributed by atoms with Gasteiger partial charge in [-0.1, -0.05) is 0 Å². The van der Waals surface area contributed by atoms with Crippen molar-refractivity contribution < 1.29 is 204 Å². The van der Waals surface area contributed by atoms with Gasteiger partial charge in [0.05, 0.1) is 5.97 Å². The first-order chi connectivity index (χ1) is 8.42. The number of carbonyl (C=O) groups excluding carboxylic acids is 3. The number of carbonyl (C=O) groups is 4. The molecule has 10 nitrogen and oxygen atoms in total. The molecule has 0 aliphatic heterocycles. The largest absolute Gasteiger partial charge is 1.00 e. The summed E-state index contributed by atoms with van der Waals surface area (Å²) < 4.78 is 0. The Morgan fingerprint density at radius 2 is 1.18 bits per heavy atom. The van der Waals surface area contributed by atoms with Crippen LogP contribution in [-0.4, -0.2) is 50.9 Å². The number of aliphatic hydroxyl groups excluding tert-OH is 1. The number of aliphatic carboxylic acids is 4. The standard InChI is InChI=1S/C6H8O7.C3H6O3.3K/c7-3(8)1-6(13,5(11)12)2-4(9)10;1-2(4)3(5)6;;;/h13H,1-2H2,(H,7,8)(H,9,10)(H,11,12);2,4H,1H3,(H,5,6);;;/q;;3*+1/p-3. The van der Waals surface area contributed by atoms with Crippen molar-refractivity contribution in [3.05, 3.63) is 0 Å². The summed E-state index contributed by atoms with van der Waals surface area (Å²) in [5.74, 6) is -7.17. The molecule has 1 unspecified atom stereocenters. The third-order valence-corrected chi connectivity index (χ3v) is 1.61. The number of rotatable bonds is 6. The molecule has 0 amide bonds. The van der Waals surface area contributed by atoms with Crippen molar-refractivity contribution in [3.63, 3.8) is 0 Å². The minimum Gasteiger partial charge on any atom is -0.550 e. The van der Waals surface area contributed by atoms with E-state index < -0.39 is 48.4 Å². The molecule has 0 rings (SSSR count). The van der Waals surface area contributed by atoms with E-state index in [2.05, 4.69) is 0 Å². The molecule has 0 aromatic rings. The number of carboxylic acids is 4. The molecular weight excluding hydrogens is 385 g/mol. The Kier molecular flexibility index (Phi) is 30.1. The summed E-state index contributed by atoms with van der Waals surface area (Å²) in [6.45, 7) is 1.20. The second-order valence-corrected chi connectivity index (χ2v) is 3.43.